The number of piperazine rings is 1. The first kappa shape index (κ1) is 13.7. The number of nitrogens with zero attached hydrogens (tertiary/aromatic N) is 1. The Morgan fingerprint density at radius 1 is 1.47 bits per heavy atom. The molecule has 0 bridgehead atoms. The second kappa shape index (κ2) is 5.08. The Morgan fingerprint density at radius 3 is 2.79 bits per heavy atom. The van der Waals surface area contributed by atoms with Gasteiger partial charge in [-0.15, -0.1) is 0 Å². The van der Waals surface area contributed by atoms with Crippen molar-refractivity contribution in [3.8, 4) is 0 Å². The van der Waals surface area contributed by atoms with E-state index in [9.17, 15) is 18.8 Å². The fraction of sp³-hybridized carbons (Fsp3) is 0.250. The smallest absolute Gasteiger partial charge is 0.259 e. The Kier molecular flexibility index (Phi) is 3.66. The lowest BCUT2D eigenvalue weighted by atomic mass is 10.1. The molecule has 2 rings (SSSR count). The van der Waals surface area contributed by atoms with Crippen LogP contribution in [-0.4, -0.2) is 35.2 Å². The minimum absolute atomic E-state index is 0.183. The molecule has 100 valence electrons. The highest BCUT2D eigenvalue weighted by atomic mass is 79.9. The highest BCUT2D eigenvalue weighted by molar-refractivity contribution is 9.10. The van der Waals surface area contributed by atoms with Gasteiger partial charge in [-0.2, -0.15) is 0 Å². The van der Waals surface area contributed by atoms with Crippen LogP contribution in [-0.2, 0) is 9.59 Å². The number of rotatable bonds is 1. The average Bonchev–Trinajstić information content (AvgIpc) is 2.33. The Morgan fingerprint density at radius 2 is 2.16 bits per heavy atom. The number of nitrogens with one attached hydrogen (secondary N) is 1. The topological polar surface area (TPSA) is 66.5 Å². The van der Waals surface area contributed by atoms with Crippen molar-refractivity contribution in [2.24, 2.45) is 0 Å². The van der Waals surface area contributed by atoms with Crippen molar-refractivity contribution in [1.29, 1.82) is 0 Å². The molecule has 1 saturated heterocycles. The maximum Gasteiger partial charge on any atom is 0.259 e. The molecule has 0 aromatic heterocycles. The Hall–Kier alpha value is -1.76. The summed E-state index contributed by atoms with van der Waals surface area (Å²) in [6.45, 7) is 1.21. The highest BCUT2D eigenvalue weighted by Crippen LogP contribution is 2.22. The highest BCUT2D eigenvalue weighted by Gasteiger charge is 2.35. The summed E-state index contributed by atoms with van der Waals surface area (Å²) >= 11 is 3.09. The Labute approximate surface area is 116 Å². The number of hydrogen-bond acceptors (Lipinski definition) is 3. The van der Waals surface area contributed by atoms with Gasteiger partial charge in [0.05, 0.1) is 5.56 Å². The van der Waals surface area contributed by atoms with Gasteiger partial charge in [-0.25, -0.2) is 4.39 Å². The number of halogens is 2. The van der Waals surface area contributed by atoms with Gasteiger partial charge >= 0.3 is 0 Å². The van der Waals surface area contributed by atoms with Crippen molar-refractivity contribution in [3.63, 3.8) is 0 Å². The molecule has 1 atom stereocenters. The lowest BCUT2D eigenvalue weighted by Crippen LogP contribution is -2.58. The fourth-order valence-electron chi connectivity index (χ4n) is 1.81. The van der Waals surface area contributed by atoms with Crippen molar-refractivity contribution < 1.29 is 18.8 Å². The molecule has 1 aromatic rings. The Bertz CT molecular complexity index is 556. The maximum atomic E-state index is 13.7. The second-order valence-electron chi connectivity index (χ2n) is 4.12. The third-order valence-corrected chi connectivity index (χ3v) is 3.52. The number of benzene rings is 1. The van der Waals surface area contributed by atoms with E-state index in [-0.39, 0.29) is 16.6 Å². The zero-order valence-electron chi connectivity index (χ0n) is 9.94. The molecule has 0 radical (unpaired) electrons. The summed E-state index contributed by atoms with van der Waals surface area (Å²) in [5, 5.41) is 2.12. The molecule has 0 spiro atoms. The molecule has 1 fully saturated rings. The van der Waals surface area contributed by atoms with Gasteiger partial charge in [0, 0.05) is 4.47 Å². The molecule has 0 saturated carbocycles. The van der Waals surface area contributed by atoms with Crippen molar-refractivity contribution in [2.45, 2.75) is 13.0 Å². The first-order valence-electron chi connectivity index (χ1n) is 5.50. The van der Waals surface area contributed by atoms with Crippen molar-refractivity contribution in [2.75, 3.05) is 6.54 Å². The molecule has 19 heavy (non-hydrogen) atoms. The van der Waals surface area contributed by atoms with Crippen LogP contribution in [0.5, 0.6) is 0 Å². The van der Waals surface area contributed by atoms with E-state index in [1.807, 2.05) is 0 Å². The van der Waals surface area contributed by atoms with Crippen LogP contribution in [0.1, 0.15) is 17.3 Å². The molecule has 5 nitrogen and oxygen atoms in total. The van der Waals surface area contributed by atoms with Crippen LogP contribution in [0.4, 0.5) is 4.39 Å². The van der Waals surface area contributed by atoms with Crippen LogP contribution in [0.2, 0.25) is 0 Å². The van der Waals surface area contributed by atoms with Crippen molar-refractivity contribution in [3.05, 3.63) is 34.1 Å². The molecule has 1 aliphatic heterocycles. The number of carbonyl (C=O) groups excluding carboxylic acids is 3. The molecular weight excluding hydrogens is 319 g/mol. The predicted octanol–water partition coefficient (Wildman–Crippen LogP) is 1.08. The average molecular weight is 329 g/mol. The second-order valence-corrected chi connectivity index (χ2v) is 4.97. The standard InChI is InChI=1S/C12H10BrFN2O3/c1-6-11(18)15-9(17)5-16(6)12(19)10-7(13)3-2-4-8(10)14/h2-4,6H,5H2,1H3,(H,15,17,18). The summed E-state index contributed by atoms with van der Waals surface area (Å²) in [6.07, 6.45) is 0. The van der Waals surface area contributed by atoms with Gasteiger partial charge < -0.3 is 4.90 Å². The lowest BCUT2D eigenvalue weighted by molar-refractivity contribution is -0.138. The summed E-state index contributed by atoms with van der Waals surface area (Å²) in [5.74, 6) is -2.55. The van der Waals surface area contributed by atoms with E-state index in [1.54, 1.807) is 0 Å². The molecular formula is C12H10BrFN2O3. The zero-order chi connectivity index (χ0) is 14.2. The minimum Gasteiger partial charge on any atom is -0.317 e. The number of amides is 3. The predicted molar refractivity (Wildman–Crippen MR) is 67.7 cm³/mol. The van der Waals surface area contributed by atoms with Crippen molar-refractivity contribution in [1.82, 2.24) is 10.2 Å². The van der Waals surface area contributed by atoms with Crippen LogP contribution in [0.15, 0.2) is 22.7 Å². The SMILES string of the molecule is CC1C(=O)NC(=O)CN1C(=O)c1c(F)cccc1Br. The number of carbonyl (C=O) groups is 3. The van der Waals surface area contributed by atoms with Gasteiger partial charge in [0.2, 0.25) is 11.8 Å². The van der Waals surface area contributed by atoms with Crippen LogP contribution in [0, 0.1) is 5.82 Å². The van der Waals surface area contributed by atoms with Crippen LogP contribution in [0.3, 0.4) is 0 Å². The van der Waals surface area contributed by atoms with Gasteiger partial charge in [-0.3, -0.25) is 19.7 Å². The van der Waals surface area contributed by atoms with E-state index in [0.29, 0.717) is 0 Å². The monoisotopic (exact) mass is 328 g/mol. The van der Waals surface area contributed by atoms with E-state index in [0.717, 1.165) is 11.0 Å². The Balaban J connectivity index is 2.38. The van der Waals surface area contributed by atoms with E-state index in [1.165, 1.54) is 19.1 Å². The van der Waals surface area contributed by atoms with E-state index in [2.05, 4.69) is 21.2 Å². The lowest BCUT2D eigenvalue weighted by Gasteiger charge is -2.31. The zero-order valence-corrected chi connectivity index (χ0v) is 11.5. The number of imide groups is 1. The summed E-state index contributed by atoms with van der Waals surface area (Å²) in [6, 6.07) is 3.30. The molecule has 3 amide bonds. The molecule has 1 aromatic carbocycles. The molecule has 1 aliphatic rings. The van der Waals surface area contributed by atoms with Crippen LogP contribution >= 0.6 is 15.9 Å². The summed E-state index contributed by atoms with van der Waals surface area (Å²) in [4.78, 5) is 36.1. The van der Waals surface area contributed by atoms with Gasteiger partial charge in [0.15, 0.2) is 0 Å². The normalized spacial score (nSPS) is 19.3. The largest absolute Gasteiger partial charge is 0.317 e. The summed E-state index contributed by atoms with van der Waals surface area (Å²) < 4.78 is 14.0. The van der Waals surface area contributed by atoms with Gasteiger partial charge in [0.25, 0.3) is 5.91 Å². The van der Waals surface area contributed by atoms with Gasteiger partial charge in [-0.1, -0.05) is 6.07 Å². The van der Waals surface area contributed by atoms with Crippen molar-refractivity contribution >= 4 is 33.7 Å². The van der Waals surface area contributed by atoms with E-state index < -0.39 is 29.6 Å². The minimum atomic E-state index is -0.822. The van der Waals surface area contributed by atoms with E-state index >= 15 is 0 Å². The first-order valence-corrected chi connectivity index (χ1v) is 6.29. The molecule has 7 heteroatoms. The summed E-state index contributed by atoms with van der Waals surface area (Å²) in [7, 11) is 0. The molecule has 1 N–H and O–H groups in total. The first-order chi connectivity index (χ1) is 8.91. The molecule has 1 heterocycles. The quantitative estimate of drug-likeness (QED) is 0.784. The third kappa shape index (κ3) is 2.51. The molecule has 0 aliphatic carbocycles. The molecule has 1 unspecified atom stereocenters. The third-order valence-electron chi connectivity index (χ3n) is 2.86. The fourth-order valence-corrected chi connectivity index (χ4v) is 2.32. The van der Waals surface area contributed by atoms with Crippen LogP contribution < -0.4 is 5.32 Å². The maximum absolute atomic E-state index is 13.7. The number of hydrogen-bond donors (Lipinski definition) is 1. The van der Waals surface area contributed by atoms with Gasteiger partial charge in [-0.05, 0) is 35.0 Å². The van der Waals surface area contributed by atoms with Gasteiger partial charge in [0.1, 0.15) is 18.4 Å². The van der Waals surface area contributed by atoms with Crippen LogP contribution in [0.25, 0.3) is 0 Å². The van der Waals surface area contributed by atoms with E-state index in [4.69, 9.17) is 0 Å². The summed E-state index contributed by atoms with van der Waals surface area (Å²) in [5.41, 5.74) is -0.183.